The molecule has 0 N–H and O–H groups in total. The highest BCUT2D eigenvalue weighted by molar-refractivity contribution is 7.13. The van der Waals surface area contributed by atoms with Gasteiger partial charge in [-0.1, -0.05) is 6.07 Å². The summed E-state index contributed by atoms with van der Waals surface area (Å²) in [6.45, 7) is 2.51. The van der Waals surface area contributed by atoms with Crippen LogP contribution in [-0.2, 0) is 19.0 Å². The lowest BCUT2D eigenvalue weighted by atomic mass is 9.85. The molecule has 25 heavy (non-hydrogen) atoms. The maximum atomic E-state index is 12.8. The van der Waals surface area contributed by atoms with Gasteiger partial charge in [-0.3, -0.25) is 9.48 Å². The molecule has 1 amide bonds. The van der Waals surface area contributed by atoms with E-state index in [4.69, 9.17) is 4.98 Å². The number of imidazole rings is 1. The molecule has 5 rings (SSSR count). The van der Waals surface area contributed by atoms with Crippen LogP contribution in [0.5, 0.6) is 0 Å². The molecule has 0 saturated carbocycles. The molecular weight excluding hydrogens is 334 g/mol. The number of carbonyl (C=O) groups excluding carboxylic acids is 1. The van der Waals surface area contributed by atoms with E-state index in [1.54, 1.807) is 28.3 Å². The first-order chi connectivity index (χ1) is 12.2. The largest absolute Gasteiger partial charge is 0.336 e. The number of rotatable bonds is 2. The molecule has 128 valence electrons. The van der Waals surface area contributed by atoms with Gasteiger partial charge in [0.15, 0.2) is 0 Å². The van der Waals surface area contributed by atoms with E-state index in [2.05, 4.69) is 27.2 Å². The number of aryl methyl sites for hydroxylation is 1. The van der Waals surface area contributed by atoms with Gasteiger partial charge in [0, 0.05) is 38.3 Å². The standard InChI is InChI=1S/C18H19N5OS/c1-21-13(4-7-20-21)16(24)22-8-5-18(12-22)6-9-23-14(11-19-17(18)23)15-3-2-10-25-15/h2-4,7,10-11H,5-6,8-9,12H2,1H3. The second-order valence-electron chi connectivity index (χ2n) is 6.94. The molecule has 5 heterocycles. The van der Waals surface area contributed by atoms with Crippen molar-refractivity contribution in [3.05, 3.63) is 47.5 Å². The van der Waals surface area contributed by atoms with Gasteiger partial charge in [0.2, 0.25) is 0 Å². The van der Waals surface area contributed by atoms with Gasteiger partial charge in [-0.05, 0) is 30.4 Å². The highest BCUT2D eigenvalue weighted by Crippen LogP contribution is 2.44. The van der Waals surface area contributed by atoms with E-state index in [1.807, 2.05) is 18.1 Å². The summed E-state index contributed by atoms with van der Waals surface area (Å²) in [5, 5.41) is 6.22. The number of likely N-dealkylation sites (tertiary alicyclic amines) is 1. The molecule has 6 nitrogen and oxygen atoms in total. The van der Waals surface area contributed by atoms with E-state index in [0.29, 0.717) is 5.69 Å². The molecule has 0 radical (unpaired) electrons. The fourth-order valence-electron chi connectivity index (χ4n) is 4.26. The third-order valence-electron chi connectivity index (χ3n) is 5.60. The quantitative estimate of drug-likeness (QED) is 0.711. The van der Waals surface area contributed by atoms with Crippen LogP contribution in [0.2, 0.25) is 0 Å². The Balaban J connectivity index is 1.44. The van der Waals surface area contributed by atoms with Crippen molar-refractivity contribution in [1.82, 2.24) is 24.2 Å². The number of hydrogen-bond acceptors (Lipinski definition) is 4. The van der Waals surface area contributed by atoms with Crippen molar-refractivity contribution in [3.63, 3.8) is 0 Å². The minimum absolute atomic E-state index is 0.00373. The van der Waals surface area contributed by atoms with Gasteiger partial charge in [-0.2, -0.15) is 5.10 Å². The molecule has 1 saturated heterocycles. The fraction of sp³-hybridized carbons (Fsp3) is 0.389. The highest BCUT2D eigenvalue weighted by Gasteiger charge is 2.48. The second-order valence-corrected chi connectivity index (χ2v) is 7.89. The van der Waals surface area contributed by atoms with Crippen molar-refractivity contribution >= 4 is 17.2 Å². The molecule has 0 aromatic carbocycles. The Kier molecular flexibility index (Phi) is 3.15. The van der Waals surface area contributed by atoms with E-state index in [0.717, 1.165) is 38.3 Å². The number of fused-ring (bicyclic) bond motifs is 2. The fourth-order valence-corrected chi connectivity index (χ4v) is 5.01. The van der Waals surface area contributed by atoms with Crippen molar-refractivity contribution in [2.75, 3.05) is 13.1 Å². The van der Waals surface area contributed by atoms with Gasteiger partial charge in [0.1, 0.15) is 11.5 Å². The van der Waals surface area contributed by atoms with Gasteiger partial charge in [-0.15, -0.1) is 11.3 Å². The molecule has 7 heteroatoms. The van der Waals surface area contributed by atoms with E-state index >= 15 is 0 Å². The Bertz CT molecular complexity index is 941. The SMILES string of the molecule is Cn1nccc1C(=O)N1CCC2(CCn3c(-c4cccs4)cnc32)C1. The highest BCUT2D eigenvalue weighted by atomic mass is 32.1. The Morgan fingerprint density at radius 2 is 2.16 bits per heavy atom. The summed E-state index contributed by atoms with van der Waals surface area (Å²) >= 11 is 1.75. The third-order valence-corrected chi connectivity index (χ3v) is 6.49. The maximum Gasteiger partial charge on any atom is 0.272 e. The van der Waals surface area contributed by atoms with Crippen LogP contribution < -0.4 is 0 Å². The maximum absolute atomic E-state index is 12.8. The summed E-state index contributed by atoms with van der Waals surface area (Å²) in [5.41, 5.74) is 1.86. The molecule has 1 atom stereocenters. The third kappa shape index (κ3) is 2.12. The summed E-state index contributed by atoms with van der Waals surface area (Å²) in [5.74, 6) is 1.22. The van der Waals surface area contributed by atoms with E-state index in [9.17, 15) is 4.79 Å². The van der Waals surface area contributed by atoms with Crippen molar-refractivity contribution in [3.8, 4) is 10.6 Å². The summed E-state index contributed by atoms with van der Waals surface area (Å²) in [6.07, 6.45) is 5.71. The topological polar surface area (TPSA) is 56.0 Å². The molecule has 2 aliphatic rings. The molecule has 0 aliphatic carbocycles. The number of hydrogen-bond donors (Lipinski definition) is 0. The van der Waals surface area contributed by atoms with Crippen LogP contribution in [0.1, 0.15) is 29.2 Å². The lowest BCUT2D eigenvalue weighted by Gasteiger charge is -2.22. The Hall–Kier alpha value is -2.41. The molecule has 0 bridgehead atoms. The van der Waals surface area contributed by atoms with Crippen molar-refractivity contribution in [2.24, 2.45) is 7.05 Å². The van der Waals surface area contributed by atoms with Gasteiger partial charge in [0.25, 0.3) is 5.91 Å². The number of aromatic nitrogens is 4. The first-order valence-electron chi connectivity index (χ1n) is 8.55. The Morgan fingerprint density at radius 1 is 1.28 bits per heavy atom. The second kappa shape index (κ2) is 5.29. The van der Waals surface area contributed by atoms with Crippen LogP contribution in [0.25, 0.3) is 10.6 Å². The monoisotopic (exact) mass is 353 g/mol. The molecular formula is C18H19N5OS. The molecule has 2 aliphatic heterocycles. The zero-order valence-electron chi connectivity index (χ0n) is 14.1. The van der Waals surface area contributed by atoms with Gasteiger partial charge in [0.05, 0.1) is 16.8 Å². The average Bonchev–Trinajstić information content (AvgIpc) is 3.38. The predicted molar refractivity (Wildman–Crippen MR) is 95.6 cm³/mol. The molecule has 3 aromatic rings. The van der Waals surface area contributed by atoms with Gasteiger partial charge < -0.3 is 9.47 Å². The Labute approximate surface area is 149 Å². The van der Waals surface area contributed by atoms with E-state index in [-0.39, 0.29) is 11.3 Å². The number of carbonyl (C=O) groups is 1. The summed E-state index contributed by atoms with van der Waals surface area (Å²) < 4.78 is 4.00. The average molecular weight is 353 g/mol. The zero-order chi connectivity index (χ0) is 17.0. The normalized spacial score (nSPS) is 22.0. The van der Waals surface area contributed by atoms with Gasteiger partial charge in [-0.25, -0.2) is 4.98 Å². The van der Waals surface area contributed by atoms with E-state index in [1.165, 1.54) is 10.6 Å². The first kappa shape index (κ1) is 14.9. The van der Waals surface area contributed by atoms with Crippen LogP contribution in [-0.4, -0.2) is 43.2 Å². The van der Waals surface area contributed by atoms with Crippen LogP contribution >= 0.6 is 11.3 Å². The number of thiophene rings is 1. The number of amides is 1. The van der Waals surface area contributed by atoms with Crippen LogP contribution in [0.4, 0.5) is 0 Å². The summed E-state index contributed by atoms with van der Waals surface area (Å²) in [4.78, 5) is 20.8. The minimum atomic E-state index is 0.00373. The predicted octanol–water partition coefficient (Wildman–Crippen LogP) is 2.53. The zero-order valence-corrected chi connectivity index (χ0v) is 14.9. The summed E-state index contributed by atoms with van der Waals surface area (Å²) in [7, 11) is 1.81. The molecule has 3 aromatic heterocycles. The minimum Gasteiger partial charge on any atom is -0.336 e. The number of nitrogens with zero attached hydrogens (tertiary/aromatic N) is 5. The lowest BCUT2D eigenvalue weighted by molar-refractivity contribution is 0.0772. The smallest absolute Gasteiger partial charge is 0.272 e. The first-order valence-corrected chi connectivity index (χ1v) is 9.43. The van der Waals surface area contributed by atoms with Gasteiger partial charge >= 0.3 is 0 Å². The lowest BCUT2D eigenvalue weighted by Crippen LogP contribution is -2.34. The molecule has 1 unspecified atom stereocenters. The molecule has 1 spiro atoms. The van der Waals surface area contributed by atoms with Crippen LogP contribution in [0.3, 0.4) is 0 Å². The van der Waals surface area contributed by atoms with Crippen molar-refractivity contribution in [2.45, 2.75) is 24.8 Å². The molecule has 1 fully saturated rings. The summed E-state index contributed by atoms with van der Waals surface area (Å²) in [6, 6.07) is 6.01. The van der Waals surface area contributed by atoms with Crippen molar-refractivity contribution < 1.29 is 4.79 Å². The van der Waals surface area contributed by atoms with Crippen LogP contribution in [0, 0.1) is 0 Å². The van der Waals surface area contributed by atoms with Crippen molar-refractivity contribution in [1.29, 1.82) is 0 Å². The van der Waals surface area contributed by atoms with E-state index < -0.39 is 0 Å². The van der Waals surface area contributed by atoms with Crippen LogP contribution in [0.15, 0.2) is 36.0 Å². The Morgan fingerprint density at radius 3 is 2.92 bits per heavy atom.